The Bertz CT molecular complexity index is 1290. The van der Waals surface area contributed by atoms with Crippen LogP contribution >= 0.6 is 15.9 Å². The summed E-state index contributed by atoms with van der Waals surface area (Å²) in [5.41, 5.74) is 2.45. The zero-order valence-electron chi connectivity index (χ0n) is 18.6. The molecule has 1 N–H and O–H groups in total. The third-order valence-corrected chi connectivity index (χ3v) is 7.87. The number of amides is 2. The number of ether oxygens (including phenoxy) is 1. The molecule has 3 aliphatic carbocycles. The number of ketones is 2. The molecule has 2 amide bonds. The second-order valence-corrected chi connectivity index (χ2v) is 9.82. The number of aromatic hydroxyl groups is 1. The van der Waals surface area contributed by atoms with Crippen LogP contribution in [0.3, 0.4) is 0 Å². The highest BCUT2D eigenvalue weighted by Crippen LogP contribution is 2.52. The van der Waals surface area contributed by atoms with E-state index in [1.54, 1.807) is 12.1 Å². The van der Waals surface area contributed by atoms with Gasteiger partial charge in [0, 0.05) is 30.2 Å². The number of carbonyl (C=O) groups is 4. The van der Waals surface area contributed by atoms with Crippen molar-refractivity contribution >= 4 is 45.4 Å². The van der Waals surface area contributed by atoms with Gasteiger partial charge < -0.3 is 9.84 Å². The molecule has 1 heterocycles. The molecule has 4 aliphatic rings. The Morgan fingerprint density at radius 3 is 2.65 bits per heavy atom. The Labute approximate surface area is 204 Å². The minimum atomic E-state index is -0.538. The Morgan fingerprint density at radius 1 is 1.15 bits per heavy atom. The summed E-state index contributed by atoms with van der Waals surface area (Å²) < 4.78 is 5.38. The van der Waals surface area contributed by atoms with Crippen molar-refractivity contribution < 1.29 is 29.0 Å². The predicted octanol–water partition coefficient (Wildman–Crippen LogP) is 3.34. The standard InChI is InChI=1S/C26H22BrNO6/c1-28-25(32)15-7-6-13-14(5-3-12-4-8-19(29)21(9-12)34-2)22-17(10-16(13)23(15)26(28)33)24(31)18(27)11-20(22)30/h3-6,8-9,11,14-16,23,29H,7,10H2,1-2H3. The van der Waals surface area contributed by atoms with Crippen LogP contribution in [-0.2, 0) is 19.2 Å². The summed E-state index contributed by atoms with van der Waals surface area (Å²) in [5, 5.41) is 9.88. The largest absolute Gasteiger partial charge is 0.504 e. The zero-order chi connectivity index (χ0) is 24.3. The van der Waals surface area contributed by atoms with E-state index in [-0.39, 0.29) is 46.0 Å². The lowest BCUT2D eigenvalue weighted by atomic mass is 9.61. The molecule has 7 nitrogen and oxygen atoms in total. The Hall–Kier alpha value is -3.26. The maximum absolute atomic E-state index is 13.1. The maximum atomic E-state index is 13.1. The molecular formula is C26H22BrNO6. The number of allylic oxidation sites excluding steroid dienone is 7. The molecule has 4 atom stereocenters. The van der Waals surface area contributed by atoms with Gasteiger partial charge in [-0.1, -0.05) is 29.9 Å². The van der Waals surface area contributed by atoms with E-state index < -0.39 is 17.8 Å². The first-order valence-electron chi connectivity index (χ1n) is 11.0. The molecule has 0 bridgehead atoms. The topological polar surface area (TPSA) is 101 Å². The second kappa shape index (κ2) is 8.20. The van der Waals surface area contributed by atoms with Crippen molar-refractivity contribution in [1.82, 2.24) is 4.90 Å². The lowest BCUT2D eigenvalue weighted by Crippen LogP contribution is -2.39. The summed E-state index contributed by atoms with van der Waals surface area (Å²) in [7, 11) is 2.96. The molecule has 0 spiro atoms. The Balaban J connectivity index is 1.61. The summed E-state index contributed by atoms with van der Waals surface area (Å²) in [4.78, 5) is 52.9. The molecule has 34 heavy (non-hydrogen) atoms. The number of Topliss-reactive ketones (excluding diaryl/α,β-unsaturated/α-hetero) is 1. The molecule has 1 fully saturated rings. The fraction of sp³-hybridized carbons (Fsp3) is 0.308. The summed E-state index contributed by atoms with van der Waals surface area (Å²) in [5.74, 6) is -2.41. The molecule has 1 aromatic carbocycles. The van der Waals surface area contributed by atoms with Crippen molar-refractivity contribution in [1.29, 1.82) is 0 Å². The van der Waals surface area contributed by atoms with E-state index in [9.17, 15) is 24.3 Å². The second-order valence-electron chi connectivity index (χ2n) is 8.96. The van der Waals surface area contributed by atoms with Gasteiger partial charge in [0.05, 0.1) is 23.4 Å². The fourth-order valence-electron chi connectivity index (χ4n) is 5.65. The van der Waals surface area contributed by atoms with Crippen molar-refractivity contribution in [2.45, 2.75) is 12.8 Å². The molecule has 8 heteroatoms. The number of likely N-dealkylation sites (tertiary alicyclic amines) is 1. The van der Waals surface area contributed by atoms with E-state index in [4.69, 9.17) is 4.74 Å². The number of imide groups is 1. The van der Waals surface area contributed by atoms with Crippen LogP contribution in [0.25, 0.3) is 6.08 Å². The number of rotatable bonds is 3. The first kappa shape index (κ1) is 22.5. The van der Waals surface area contributed by atoms with Gasteiger partial charge in [-0.15, -0.1) is 0 Å². The number of carbonyl (C=O) groups excluding carboxylic acids is 4. The van der Waals surface area contributed by atoms with E-state index >= 15 is 0 Å². The van der Waals surface area contributed by atoms with Gasteiger partial charge in [-0.3, -0.25) is 24.1 Å². The van der Waals surface area contributed by atoms with Gasteiger partial charge in [0.1, 0.15) is 0 Å². The quantitative estimate of drug-likeness (QED) is 0.370. The van der Waals surface area contributed by atoms with Crippen LogP contribution in [0.15, 0.2) is 57.6 Å². The smallest absolute Gasteiger partial charge is 0.233 e. The Morgan fingerprint density at radius 2 is 1.91 bits per heavy atom. The monoisotopic (exact) mass is 523 g/mol. The number of hydrogen-bond acceptors (Lipinski definition) is 6. The molecule has 1 saturated heterocycles. The van der Waals surface area contributed by atoms with Gasteiger partial charge in [-0.05, 0) is 52.4 Å². The maximum Gasteiger partial charge on any atom is 0.233 e. The van der Waals surface area contributed by atoms with Crippen LogP contribution in [0.1, 0.15) is 18.4 Å². The SMILES string of the molecule is COc1cc(C=CC2C3=CCC4C(=O)N(C)C(=O)C4C3CC3=C2C(=O)C=C(Br)C3=O)ccc1O. The molecule has 1 aliphatic heterocycles. The number of phenols is 1. The highest BCUT2D eigenvalue weighted by Gasteiger charge is 2.54. The van der Waals surface area contributed by atoms with E-state index in [0.29, 0.717) is 23.3 Å². The molecule has 0 saturated carbocycles. The van der Waals surface area contributed by atoms with Gasteiger partial charge in [0.25, 0.3) is 0 Å². The summed E-state index contributed by atoms with van der Waals surface area (Å²) in [6.07, 6.45) is 7.61. The van der Waals surface area contributed by atoms with Crippen molar-refractivity contribution in [3.05, 3.63) is 63.2 Å². The number of hydrogen-bond donors (Lipinski definition) is 1. The normalized spacial score (nSPS) is 28.6. The predicted molar refractivity (Wildman–Crippen MR) is 127 cm³/mol. The van der Waals surface area contributed by atoms with Crippen molar-refractivity contribution in [3.8, 4) is 11.5 Å². The van der Waals surface area contributed by atoms with Gasteiger partial charge in [-0.2, -0.15) is 0 Å². The first-order valence-corrected chi connectivity index (χ1v) is 11.8. The van der Waals surface area contributed by atoms with E-state index in [1.807, 2.05) is 18.2 Å². The average Bonchev–Trinajstić information content (AvgIpc) is 3.05. The van der Waals surface area contributed by atoms with Crippen molar-refractivity contribution in [2.24, 2.45) is 23.7 Å². The number of phenolic OH excluding ortho intramolecular Hbond substituents is 1. The first-order chi connectivity index (χ1) is 16.2. The van der Waals surface area contributed by atoms with Crippen LogP contribution in [0.2, 0.25) is 0 Å². The number of methoxy groups -OCH3 is 1. The fourth-order valence-corrected chi connectivity index (χ4v) is 6.09. The van der Waals surface area contributed by atoms with E-state index in [1.165, 1.54) is 31.2 Å². The molecule has 174 valence electrons. The van der Waals surface area contributed by atoms with Crippen LogP contribution in [0.4, 0.5) is 0 Å². The minimum absolute atomic E-state index is 0.0139. The van der Waals surface area contributed by atoms with Gasteiger partial charge in [0.15, 0.2) is 23.1 Å². The van der Waals surface area contributed by atoms with Crippen molar-refractivity contribution in [3.63, 3.8) is 0 Å². The minimum Gasteiger partial charge on any atom is -0.504 e. The lowest BCUT2D eigenvalue weighted by molar-refractivity contribution is -0.138. The molecule has 0 radical (unpaired) electrons. The average molecular weight is 524 g/mol. The lowest BCUT2D eigenvalue weighted by Gasteiger charge is -2.41. The van der Waals surface area contributed by atoms with Gasteiger partial charge >= 0.3 is 0 Å². The van der Waals surface area contributed by atoms with E-state index in [0.717, 1.165) is 11.1 Å². The zero-order valence-corrected chi connectivity index (χ0v) is 20.2. The molecule has 5 rings (SSSR count). The van der Waals surface area contributed by atoms with Crippen LogP contribution in [-0.4, -0.2) is 47.5 Å². The number of halogens is 1. The number of fused-ring (bicyclic) bond motifs is 3. The molecule has 0 aromatic heterocycles. The molecule has 4 unspecified atom stereocenters. The van der Waals surface area contributed by atoms with Gasteiger partial charge in [-0.25, -0.2) is 0 Å². The van der Waals surface area contributed by atoms with Crippen molar-refractivity contribution in [2.75, 3.05) is 14.2 Å². The van der Waals surface area contributed by atoms with Crippen LogP contribution in [0, 0.1) is 23.7 Å². The summed E-state index contributed by atoms with van der Waals surface area (Å²) in [6, 6.07) is 4.91. The molecule has 1 aromatic rings. The van der Waals surface area contributed by atoms with Crippen LogP contribution < -0.4 is 4.74 Å². The third-order valence-electron chi connectivity index (χ3n) is 7.28. The summed E-state index contributed by atoms with van der Waals surface area (Å²) in [6.45, 7) is 0. The van der Waals surface area contributed by atoms with Gasteiger partial charge in [0.2, 0.25) is 11.8 Å². The highest BCUT2D eigenvalue weighted by atomic mass is 79.9. The molecular weight excluding hydrogens is 502 g/mol. The van der Waals surface area contributed by atoms with E-state index in [2.05, 4.69) is 15.9 Å². The third kappa shape index (κ3) is 3.31. The number of benzene rings is 1. The highest BCUT2D eigenvalue weighted by molar-refractivity contribution is 9.12. The van der Waals surface area contributed by atoms with Crippen LogP contribution in [0.5, 0.6) is 11.5 Å². The number of nitrogens with zero attached hydrogens (tertiary/aromatic N) is 1. The Kier molecular flexibility index (Phi) is 5.43. The summed E-state index contributed by atoms with van der Waals surface area (Å²) >= 11 is 3.21.